The molecule has 4 rings (SSSR count). The summed E-state index contributed by atoms with van der Waals surface area (Å²) in [6.45, 7) is 4.26. The number of hydrogen-bond acceptors (Lipinski definition) is 4. The maximum atomic E-state index is 12.9. The zero-order valence-electron chi connectivity index (χ0n) is 18.4. The molecular weight excluding hydrogens is 453 g/mol. The first kappa shape index (κ1) is 23.7. The summed E-state index contributed by atoms with van der Waals surface area (Å²) >= 11 is 6.22. The summed E-state index contributed by atoms with van der Waals surface area (Å²) in [5.41, 5.74) is 3.10. The third kappa shape index (κ3) is 6.32. The fraction of sp³-hybridized carbons (Fsp3) is 0.458. The van der Waals surface area contributed by atoms with E-state index >= 15 is 0 Å². The Kier molecular flexibility index (Phi) is 7.34. The van der Waals surface area contributed by atoms with Gasteiger partial charge >= 0.3 is 6.18 Å². The molecule has 2 saturated heterocycles. The van der Waals surface area contributed by atoms with Crippen molar-refractivity contribution in [1.82, 2.24) is 4.90 Å². The topological polar surface area (TPSA) is 38.8 Å². The van der Waals surface area contributed by atoms with E-state index < -0.39 is 12.6 Å². The molecule has 0 saturated carbocycles. The number of piperazine rings is 1. The van der Waals surface area contributed by atoms with Crippen molar-refractivity contribution in [3.05, 3.63) is 53.1 Å². The Labute approximate surface area is 197 Å². The first-order valence-electron chi connectivity index (χ1n) is 11.3. The normalized spacial score (nSPS) is 17.5. The highest BCUT2D eigenvalue weighted by atomic mass is 35.5. The van der Waals surface area contributed by atoms with Crippen LogP contribution in [0.25, 0.3) is 0 Å². The highest BCUT2D eigenvalue weighted by molar-refractivity contribution is 6.31. The third-order valence-electron chi connectivity index (χ3n) is 6.23. The van der Waals surface area contributed by atoms with Gasteiger partial charge in [-0.15, -0.1) is 0 Å². The lowest BCUT2D eigenvalue weighted by molar-refractivity contribution is -0.138. The molecule has 2 aliphatic heterocycles. The lowest BCUT2D eigenvalue weighted by Gasteiger charge is -2.37. The molecule has 0 aliphatic carbocycles. The number of anilines is 3. The van der Waals surface area contributed by atoms with Crippen molar-refractivity contribution in [2.24, 2.45) is 0 Å². The monoisotopic (exact) mass is 480 g/mol. The van der Waals surface area contributed by atoms with E-state index in [1.807, 2.05) is 29.2 Å². The van der Waals surface area contributed by atoms with E-state index in [0.29, 0.717) is 42.5 Å². The molecule has 2 aromatic carbocycles. The van der Waals surface area contributed by atoms with Crippen LogP contribution in [-0.2, 0) is 0 Å². The van der Waals surface area contributed by atoms with Gasteiger partial charge in [-0.25, -0.2) is 0 Å². The molecule has 9 heteroatoms. The molecule has 0 radical (unpaired) electrons. The predicted molar refractivity (Wildman–Crippen MR) is 127 cm³/mol. The van der Waals surface area contributed by atoms with E-state index in [0.717, 1.165) is 24.5 Å². The predicted octanol–water partition coefficient (Wildman–Crippen LogP) is 5.27. The van der Waals surface area contributed by atoms with Gasteiger partial charge in [0.05, 0.1) is 17.8 Å². The number of nitrogens with one attached hydrogen (secondary N) is 1. The van der Waals surface area contributed by atoms with E-state index in [1.165, 1.54) is 12.8 Å². The quantitative estimate of drug-likeness (QED) is 0.611. The number of hydrogen-bond donors (Lipinski definition) is 1. The fourth-order valence-electron chi connectivity index (χ4n) is 4.36. The van der Waals surface area contributed by atoms with E-state index in [4.69, 9.17) is 11.6 Å². The van der Waals surface area contributed by atoms with Gasteiger partial charge in [0.25, 0.3) is 5.91 Å². The minimum Gasteiger partial charge on any atom is -0.372 e. The van der Waals surface area contributed by atoms with E-state index in [-0.39, 0.29) is 12.5 Å². The van der Waals surface area contributed by atoms with Crippen LogP contribution >= 0.6 is 11.6 Å². The summed E-state index contributed by atoms with van der Waals surface area (Å²) in [6, 6.07) is 12.9. The van der Waals surface area contributed by atoms with Crippen LogP contribution in [0.5, 0.6) is 0 Å². The Morgan fingerprint density at radius 3 is 2.21 bits per heavy atom. The number of nitrogens with zero attached hydrogens (tertiary/aromatic N) is 3. The molecule has 0 unspecified atom stereocenters. The summed E-state index contributed by atoms with van der Waals surface area (Å²) in [6.07, 6.45) is -2.56. The number of carbonyl (C=O) groups is 1. The second kappa shape index (κ2) is 10.2. The molecule has 178 valence electrons. The minimum atomic E-state index is -4.14. The van der Waals surface area contributed by atoms with Gasteiger partial charge in [-0.1, -0.05) is 11.6 Å². The number of benzene rings is 2. The first-order valence-corrected chi connectivity index (χ1v) is 11.7. The lowest BCUT2D eigenvalue weighted by atomic mass is 10.1. The Bertz CT molecular complexity index is 953. The summed E-state index contributed by atoms with van der Waals surface area (Å²) in [4.78, 5) is 19.1. The van der Waals surface area contributed by atoms with Crippen molar-refractivity contribution in [3.8, 4) is 0 Å². The van der Waals surface area contributed by atoms with Crippen molar-refractivity contribution in [2.45, 2.75) is 25.4 Å². The number of carbonyl (C=O) groups excluding carboxylic acids is 1. The van der Waals surface area contributed by atoms with Crippen LogP contribution in [-0.4, -0.2) is 62.8 Å². The Morgan fingerprint density at radius 2 is 1.58 bits per heavy atom. The Balaban J connectivity index is 1.40. The highest BCUT2D eigenvalue weighted by Crippen LogP contribution is 2.31. The second-order valence-corrected chi connectivity index (χ2v) is 8.99. The van der Waals surface area contributed by atoms with Gasteiger partial charge in [0.2, 0.25) is 0 Å². The van der Waals surface area contributed by atoms with Gasteiger partial charge in [0.1, 0.15) is 0 Å². The molecule has 0 bridgehead atoms. The molecule has 0 aromatic heterocycles. The maximum absolute atomic E-state index is 12.9. The molecule has 0 spiro atoms. The smallest absolute Gasteiger partial charge is 0.372 e. The van der Waals surface area contributed by atoms with E-state index in [2.05, 4.69) is 15.1 Å². The highest BCUT2D eigenvalue weighted by Gasteiger charge is 2.29. The number of rotatable bonds is 6. The standard InChI is InChI=1S/C24H28ClF3N4O/c25-19-5-8-21(22(17-19)32-15-13-30(14-16-32)12-9-24(26,27)28)29-23(33)18-3-6-20(7-4-18)31-10-1-2-11-31/h3-8,17H,1-2,9-16H2,(H,29,33). The zero-order chi connectivity index (χ0) is 23.4. The van der Waals surface area contributed by atoms with Gasteiger partial charge < -0.3 is 15.1 Å². The van der Waals surface area contributed by atoms with Crippen molar-refractivity contribution in [2.75, 3.05) is 60.9 Å². The van der Waals surface area contributed by atoms with Crippen molar-refractivity contribution < 1.29 is 18.0 Å². The van der Waals surface area contributed by atoms with Gasteiger partial charge in [-0.3, -0.25) is 9.69 Å². The molecule has 1 N–H and O–H groups in total. The largest absolute Gasteiger partial charge is 0.390 e. The summed E-state index contributed by atoms with van der Waals surface area (Å²) < 4.78 is 37.6. The molecule has 0 atom stereocenters. The van der Waals surface area contributed by atoms with Crippen LogP contribution < -0.4 is 15.1 Å². The maximum Gasteiger partial charge on any atom is 0.390 e. The first-order chi connectivity index (χ1) is 15.8. The summed E-state index contributed by atoms with van der Waals surface area (Å²) in [5.74, 6) is -0.213. The minimum absolute atomic E-state index is 0.00387. The Hall–Kier alpha value is -2.45. The Morgan fingerprint density at radius 1 is 0.909 bits per heavy atom. The number of alkyl halides is 3. The van der Waals surface area contributed by atoms with Crippen LogP contribution in [0, 0.1) is 0 Å². The molecule has 1 amide bonds. The molecular formula is C24H28ClF3N4O. The van der Waals surface area contributed by atoms with Crippen molar-refractivity contribution >= 4 is 34.6 Å². The second-order valence-electron chi connectivity index (χ2n) is 8.55. The zero-order valence-corrected chi connectivity index (χ0v) is 19.1. The van der Waals surface area contributed by atoms with Crippen LogP contribution in [0.2, 0.25) is 5.02 Å². The summed E-state index contributed by atoms with van der Waals surface area (Å²) in [5, 5.41) is 3.52. The molecule has 2 aliphatic rings. The van der Waals surface area contributed by atoms with Crippen molar-refractivity contribution in [1.29, 1.82) is 0 Å². The average molecular weight is 481 g/mol. The van der Waals surface area contributed by atoms with Crippen LogP contribution in [0.4, 0.5) is 30.2 Å². The molecule has 2 fully saturated rings. The van der Waals surface area contributed by atoms with Gasteiger partial charge in [0.15, 0.2) is 0 Å². The third-order valence-corrected chi connectivity index (χ3v) is 6.47. The lowest BCUT2D eigenvalue weighted by Crippen LogP contribution is -2.47. The van der Waals surface area contributed by atoms with Crippen LogP contribution in [0.15, 0.2) is 42.5 Å². The van der Waals surface area contributed by atoms with Gasteiger partial charge in [0, 0.05) is 62.1 Å². The van der Waals surface area contributed by atoms with Crippen LogP contribution in [0.3, 0.4) is 0 Å². The fourth-order valence-corrected chi connectivity index (χ4v) is 4.53. The van der Waals surface area contributed by atoms with E-state index in [9.17, 15) is 18.0 Å². The summed E-state index contributed by atoms with van der Waals surface area (Å²) in [7, 11) is 0. The average Bonchev–Trinajstić information content (AvgIpc) is 3.34. The molecule has 5 nitrogen and oxygen atoms in total. The number of amides is 1. The SMILES string of the molecule is O=C(Nc1ccc(Cl)cc1N1CCN(CCC(F)(F)F)CC1)c1ccc(N2CCCC2)cc1. The van der Waals surface area contributed by atoms with Crippen molar-refractivity contribution in [3.63, 3.8) is 0 Å². The number of halogens is 4. The molecule has 33 heavy (non-hydrogen) atoms. The molecule has 2 heterocycles. The van der Waals surface area contributed by atoms with Gasteiger partial charge in [-0.2, -0.15) is 13.2 Å². The van der Waals surface area contributed by atoms with Gasteiger partial charge in [-0.05, 0) is 55.3 Å². The van der Waals surface area contributed by atoms with E-state index in [1.54, 1.807) is 18.2 Å². The van der Waals surface area contributed by atoms with Crippen LogP contribution in [0.1, 0.15) is 29.6 Å². The molecule has 2 aromatic rings.